The van der Waals surface area contributed by atoms with E-state index in [2.05, 4.69) is 19.8 Å². The third-order valence-corrected chi connectivity index (χ3v) is 3.48. The van der Waals surface area contributed by atoms with Crippen molar-refractivity contribution in [3.63, 3.8) is 0 Å². The SMILES string of the molecule is O[C@@H]1C[C@H]2CN(c3ncc(F)cn3)CCN2C1. The van der Waals surface area contributed by atoms with Gasteiger partial charge in [0, 0.05) is 32.2 Å². The van der Waals surface area contributed by atoms with E-state index in [9.17, 15) is 9.50 Å². The van der Waals surface area contributed by atoms with Gasteiger partial charge >= 0.3 is 0 Å². The Labute approximate surface area is 98.9 Å². The average Bonchev–Trinajstić information content (AvgIpc) is 2.69. The lowest BCUT2D eigenvalue weighted by atomic mass is 10.1. The van der Waals surface area contributed by atoms with Crippen LogP contribution < -0.4 is 4.90 Å². The van der Waals surface area contributed by atoms with Crippen molar-refractivity contribution in [1.82, 2.24) is 14.9 Å². The van der Waals surface area contributed by atoms with E-state index in [0.717, 1.165) is 32.6 Å². The highest BCUT2D eigenvalue weighted by atomic mass is 19.1. The van der Waals surface area contributed by atoms with E-state index in [0.29, 0.717) is 12.0 Å². The van der Waals surface area contributed by atoms with Crippen LogP contribution in [0.1, 0.15) is 6.42 Å². The van der Waals surface area contributed by atoms with Crippen molar-refractivity contribution in [3.8, 4) is 0 Å². The van der Waals surface area contributed by atoms with Gasteiger partial charge in [-0.15, -0.1) is 0 Å². The molecule has 92 valence electrons. The summed E-state index contributed by atoms with van der Waals surface area (Å²) in [5.41, 5.74) is 0. The molecule has 3 heterocycles. The number of rotatable bonds is 1. The molecule has 0 bridgehead atoms. The first-order chi connectivity index (χ1) is 8.22. The molecule has 0 aromatic carbocycles. The molecule has 2 atom stereocenters. The molecule has 0 saturated carbocycles. The Kier molecular flexibility index (Phi) is 2.68. The number of hydrogen-bond acceptors (Lipinski definition) is 5. The van der Waals surface area contributed by atoms with E-state index in [4.69, 9.17) is 0 Å². The average molecular weight is 238 g/mol. The largest absolute Gasteiger partial charge is 0.392 e. The van der Waals surface area contributed by atoms with Gasteiger partial charge in [-0.05, 0) is 6.42 Å². The number of halogens is 1. The molecule has 1 aromatic heterocycles. The molecular formula is C11H15FN4O. The zero-order chi connectivity index (χ0) is 11.8. The predicted molar refractivity (Wildman–Crippen MR) is 60.2 cm³/mol. The fourth-order valence-corrected chi connectivity index (χ4v) is 2.67. The second kappa shape index (κ2) is 4.19. The lowest BCUT2D eigenvalue weighted by Gasteiger charge is -2.37. The molecule has 2 aliphatic heterocycles. The molecule has 0 radical (unpaired) electrons. The number of piperazine rings is 1. The third-order valence-electron chi connectivity index (χ3n) is 3.48. The van der Waals surface area contributed by atoms with Crippen LogP contribution in [0.15, 0.2) is 12.4 Å². The van der Waals surface area contributed by atoms with E-state index in [1.165, 1.54) is 12.4 Å². The molecule has 2 fully saturated rings. The van der Waals surface area contributed by atoms with Gasteiger partial charge in [0.1, 0.15) is 0 Å². The highest BCUT2D eigenvalue weighted by molar-refractivity contribution is 5.30. The van der Waals surface area contributed by atoms with Gasteiger partial charge in [-0.25, -0.2) is 14.4 Å². The van der Waals surface area contributed by atoms with Crippen LogP contribution in [0.5, 0.6) is 0 Å². The Morgan fingerprint density at radius 1 is 1.24 bits per heavy atom. The summed E-state index contributed by atoms with van der Waals surface area (Å²) >= 11 is 0. The number of aliphatic hydroxyl groups is 1. The van der Waals surface area contributed by atoms with Crippen LogP contribution >= 0.6 is 0 Å². The summed E-state index contributed by atoms with van der Waals surface area (Å²) in [5, 5.41) is 9.61. The first kappa shape index (κ1) is 10.9. The Morgan fingerprint density at radius 3 is 2.76 bits per heavy atom. The summed E-state index contributed by atoms with van der Waals surface area (Å²) in [6.07, 6.45) is 2.97. The summed E-state index contributed by atoms with van der Waals surface area (Å²) in [6, 6.07) is 0.368. The van der Waals surface area contributed by atoms with Crippen LogP contribution in [0.2, 0.25) is 0 Å². The minimum atomic E-state index is -0.413. The molecule has 0 unspecified atom stereocenters. The molecule has 0 aliphatic carbocycles. The maximum absolute atomic E-state index is 12.7. The van der Waals surface area contributed by atoms with Crippen molar-refractivity contribution in [3.05, 3.63) is 18.2 Å². The third kappa shape index (κ3) is 2.10. The second-order valence-corrected chi connectivity index (χ2v) is 4.69. The zero-order valence-corrected chi connectivity index (χ0v) is 9.46. The van der Waals surface area contributed by atoms with E-state index in [1.54, 1.807) is 0 Å². The normalized spacial score (nSPS) is 29.4. The van der Waals surface area contributed by atoms with Crippen molar-refractivity contribution < 1.29 is 9.50 Å². The summed E-state index contributed by atoms with van der Waals surface area (Å²) in [7, 11) is 0. The molecule has 5 nitrogen and oxygen atoms in total. The van der Waals surface area contributed by atoms with Crippen molar-refractivity contribution in [2.45, 2.75) is 18.6 Å². The second-order valence-electron chi connectivity index (χ2n) is 4.69. The topological polar surface area (TPSA) is 52.5 Å². The number of fused-ring (bicyclic) bond motifs is 1. The molecule has 17 heavy (non-hydrogen) atoms. The van der Waals surface area contributed by atoms with E-state index in [1.807, 2.05) is 0 Å². The molecule has 1 aromatic rings. The molecular weight excluding hydrogens is 223 g/mol. The quantitative estimate of drug-likeness (QED) is 0.738. The summed E-state index contributed by atoms with van der Waals surface area (Å²) in [6.45, 7) is 3.31. The minimum Gasteiger partial charge on any atom is -0.392 e. The molecule has 3 rings (SSSR count). The minimum absolute atomic E-state index is 0.214. The summed E-state index contributed by atoms with van der Waals surface area (Å²) < 4.78 is 12.7. The Hall–Kier alpha value is -1.27. The molecule has 0 spiro atoms. The smallest absolute Gasteiger partial charge is 0.225 e. The fraction of sp³-hybridized carbons (Fsp3) is 0.636. The molecule has 0 amide bonds. The van der Waals surface area contributed by atoms with Crippen molar-refractivity contribution in [2.24, 2.45) is 0 Å². The fourth-order valence-electron chi connectivity index (χ4n) is 2.67. The lowest BCUT2D eigenvalue weighted by Crippen LogP contribution is -2.50. The van der Waals surface area contributed by atoms with Crippen LogP contribution in [-0.2, 0) is 0 Å². The Morgan fingerprint density at radius 2 is 2.00 bits per heavy atom. The number of nitrogens with zero attached hydrogens (tertiary/aromatic N) is 4. The molecule has 1 N–H and O–H groups in total. The van der Waals surface area contributed by atoms with Crippen LogP contribution in [0.4, 0.5) is 10.3 Å². The number of aromatic nitrogens is 2. The number of anilines is 1. The van der Waals surface area contributed by atoms with Crippen LogP contribution in [0, 0.1) is 5.82 Å². The van der Waals surface area contributed by atoms with Crippen LogP contribution in [0.3, 0.4) is 0 Å². The van der Waals surface area contributed by atoms with Gasteiger partial charge < -0.3 is 10.0 Å². The summed E-state index contributed by atoms with van der Waals surface area (Å²) in [5.74, 6) is 0.163. The van der Waals surface area contributed by atoms with E-state index < -0.39 is 5.82 Å². The van der Waals surface area contributed by atoms with Gasteiger partial charge in [-0.1, -0.05) is 0 Å². The highest BCUT2D eigenvalue weighted by Gasteiger charge is 2.35. The molecule has 6 heteroatoms. The van der Waals surface area contributed by atoms with Gasteiger partial charge in [0.25, 0.3) is 0 Å². The van der Waals surface area contributed by atoms with Gasteiger partial charge in [0.15, 0.2) is 5.82 Å². The Bertz CT molecular complexity index is 399. The van der Waals surface area contributed by atoms with Gasteiger partial charge in [-0.3, -0.25) is 4.90 Å². The first-order valence-corrected chi connectivity index (χ1v) is 5.87. The van der Waals surface area contributed by atoms with E-state index >= 15 is 0 Å². The number of aliphatic hydroxyl groups excluding tert-OH is 1. The van der Waals surface area contributed by atoms with Crippen LogP contribution in [0.25, 0.3) is 0 Å². The monoisotopic (exact) mass is 238 g/mol. The van der Waals surface area contributed by atoms with Crippen LogP contribution in [-0.4, -0.2) is 58.3 Å². The highest BCUT2D eigenvalue weighted by Crippen LogP contribution is 2.23. The lowest BCUT2D eigenvalue weighted by molar-refractivity contribution is 0.173. The Balaban J connectivity index is 1.72. The zero-order valence-electron chi connectivity index (χ0n) is 9.46. The molecule has 2 aliphatic rings. The summed E-state index contributed by atoms with van der Waals surface area (Å²) in [4.78, 5) is 12.3. The van der Waals surface area contributed by atoms with Gasteiger partial charge in [-0.2, -0.15) is 0 Å². The maximum Gasteiger partial charge on any atom is 0.225 e. The van der Waals surface area contributed by atoms with Crippen molar-refractivity contribution in [2.75, 3.05) is 31.1 Å². The standard InChI is InChI=1S/C11H15FN4O/c12-8-4-13-11(14-5-8)16-2-1-15-7-10(17)3-9(15)6-16/h4-5,9-10,17H,1-3,6-7H2/t9-,10+/m0/s1. The van der Waals surface area contributed by atoms with Gasteiger partial charge in [0.2, 0.25) is 5.95 Å². The maximum atomic E-state index is 12.7. The molecule has 2 saturated heterocycles. The first-order valence-electron chi connectivity index (χ1n) is 5.87. The van der Waals surface area contributed by atoms with Gasteiger partial charge in [0.05, 0.1) is 18.5 Å². The predicted octanol–water partition coefficient (Wildman–Crippen LogP) is -0.129. The number of hydrogen-bond donors (Lipinski definition) is 1. The van der Waals surface area contributed by atoms with Crippen molar-refractivity contribution in [1.29, 1.82) is 0 Å². The van der Waals surface area contributed by atoms with Crippen molar-refractivity contribution >= 4 is 5.95 Å². The van der Waals surface area contributed by atoms with E-state index in [-0.39, 0.29) is 6.10 Å².